The topological polar surface area (TPSA) is 46.0 Å². The molecule has 0 spiro atoms. The van der Waals surface area contributed by atoms with Gasteiger partial charge >= 0.3 is 0 Å². The number of nitrogens with zero attached hydrogens (tertiary/aromatic N) is 3. The number of allylic oxidation sites excluding steroid dienone is 2. The van der Waals surface area contributed by atoms with E-state index in [2.05, 4.69) is 33.7 Å². The number of rotatable bonds is 5. The molecule has 0 aliphatic heterocycles. The molecule has 1 atom stereocenters. The molecule has 0 unspecified atom stereocenters. The lowest BCUT2D eigenvalue weighted by atomic mass is 9.86. The Hall–Kier alpha value is -1.23. The summed E-state index contributed by atoms with van der Waals surface area (Å²) < 4.78 is 2.44. The van der Waals surface area contributed by atoms with Gasteiger partial charge in [0.2, 0.25) is 4.77 Å². The highest BCUT2D eigenvalue weighted by molar-refractivity contribution is 7.71. The van der Waals surface area contributed by atoms with Crippen molar-refractivity contribution in [1.29, 1.82) is 0 Å². The zero-order valence-electron chi connectivity index (χ0n) is 13.2. The molecule has 1 saturated carbocycles. The third-order valence-electron chi connectivity index (χ3n) is 4.92. The molecule has 120 valence electrons. The minimum atomic E-state index is 0.535. The second-order valence-corrected chi connectivity index (χ2v) is 7.00. The first-order valence-corrected chi connectivity index (χ1v) is 9.09. The average molecular weight is 318 g/mol. The summed E-state index contributed by atoms with van der Waals surface area (Å²) in [5.41, 5.74) is 0. The Bertz CT molecular complexity index is 578. The van der Waals surface area contributed by atoms with Gasteiger partial charge in [-0.05, 0) is 49.7 Å². The number of nitrogens with one attached hydrogen (secondary N) is 1. The molecule has 4 nitrogen and oxygen atoms in total. The molecule has 2 aliphatic rings. The predicted octanol–water partition coefficient (Wildman–Crippen LogP) is 4.64. The fourth-order valence-electron chi connectivity index (χ4n) is 3.53. The van der Waals surface area contributed by atoms with Gasteiger partial charge in [-0.2, -0.15) is 14.9 Å². The van der Waals surface area contributed by atoms with Crippen LogP contribution in [0.4, 0.5) is 0 Å². The van der Waals surface area contributed by atoms with E-state index in [0.717, 1.165) is 31.0 Å². The van der Waals surface area contributed by atoms with Crippen molar-refractivity contribution in [2.75, 3.05) is 0 Å². The third-order valence-corrected chi connectivity index (χ3v) is 5.19. The maximum absolute atomic E-state index is 5.33. The molecule has 1 heterocycles. The number of aromatic amines is 1. The van der Waals surface area contributed by atoms with Crippen LogP contribution in [-0.4, -0.2) is 21.1 Å². The summed E-state index contributed by atoms with van der Waals surface area (Å²) >= 11 is 5.33. The van der Waals surface area contributed by atoms with Crippen molar-refractivity contribution in [3.8, 4) is 0 Å². The molecule has 5 heteroatoms. The summed E-state index contributed by atoms with van der Waals surface area (Å²) in [7, 11) is 0. The van der Waals surface area contributed by atoms with Crippen molar-refractivity contribution in [1.82, 2.24) is 14.9 Å². The third kappa shape index (κ3) is 4.15. The Balaban J connectivity index is 1.61. The number of aryl methyl sites for hydroxylation is 1. The van der Waals surface area contributed by atoms with E-state index >= 15 is 0 Å². The Morgan fingerprint density at radius 1 is 1.27 bits per heavy atom. The van der Waals surface area contributed by atoms with E-state index in [4.69, 9.17) is 12.2 Å². The van der Waals surface area contributed by atoms with E-state index in [1.54, 1.807) is 0 Å². The van der Waals surface area contributed by atoms with Crippen LogP contribution in [0.25, 0.3) is 0 Å². The van der Waals surface area contributed by atoms with Crippen molar-refractivity contribution in [3.63, 3.8) is 0 Å². The molecule has 1 N–H and O–H groups in total. The average Bonchev–Trinajstić information content (AvgIpc) is 2.93. The monoisotopic (exact) mass is 318 g/mol. The lowest BCUT2D eigenvalue weighted by Crippen LogP contribution is -2.10. The summed E-state index contributed by atoms with van der Waals surface area (Å²) in [4.78, 5) is 0. The number of hydrogen-bond acceptors (Lipinski definition) is 3. The maximum Gasteiger partial charge on any atom is 0.216 e. The van der Waals surface area contributed by atoms with E-state index in [0.29, 0.717) is 10.7 Å². The van der Waals surface area contributed by atoms with Crippen LogP contribution in [0.2, 0.25) is 0 Å². The van der Waals surface area contributed by atoms with Gasteiger partial charge in [-0.1, -0.05) is 44.3 Å². The van der Waals surface area contributed by atoms with Crippen LogP contribution in [-0.2, 0) is 6.42 Å². The molecule has 0 saturated heterocycles. The fourth-order valence-corrected chi connectivity index (χ4v) is 3.73. The summed E-state index contributed by atoms with van der Waals surface area (Å²) in [6.07, 6.45) is 19.1. The van der Waals surface area contributed by atoms with E-state index in [1.807, 2.05) is 4.68 Å². The molecular formula is C17H26N4S. The lowest BCUT2D eigenvalue weighted by Gasteiger charge is -2.20. The molecule has 0 radical (unpaired) electrons. The largest absolute Gasteiger partial charge is 0.250 e. The Morgan fingerprint density at radius 3 is 2.91 bits per heavy atom. The van der Waals surface area contributed by atoms with Gasteiger partial charge in [-0.3, -0.25) is 5.10 Å². The van der Waals surface area contributed by atoms with Gasteiger partial charge in [-0.15, -0.1) is 0 Å². The highest BCUT2D eigenvalue weighted by Crippen LogP contribution is 2.27. The predicted molar refractivity (Wildman–Crippen MR) is 92.7 cm³/mol. The van der Waals surface area contributed by atoms with Gasteiger partial charge in [0.1, 0.15) is 0 Å². The highest BCUT2D eigenvalue weighted by atomic mass is 32.1. The molecule has 0 amide bonds. The van der Waals surface area contributed by atoms with E-state index in [-0.39, 0.29) is 0 Å². The van der Waals surface area contributed by atoms with E-state index in [9.17, 15) is 0 Å². The van der Waals surface area contributed by atoms with E-state index in [1.165, 1.54) is 44.9 Å². The molecule has 1 aromatic rings. The van der Waals surface area contributed by atoms with Gasteiger partial charge in [-0.25, -0.2) is 0 Å². The van der Waals surface area contributed by atoms with Crippen molar-refractivity contribution in [2.45, 2.75) is 64.2 Å². The quantitative estimate of drug-likeness (QED) is 0.488. The van der Waals surface area contributed by atoms with Crippen molar-refractivity contribution < 1.29 is 0 Å². The minimum absolute atomic E-state index is 0.535. The van der Waals surface area contributed by atoms with Gasteiger partial charge in [0, 0.05) is 12.6 Å². The molecule has 0 bridgehead atoms. The zero-order chi connectivity index (χ0) is 15.2. The van der Waals surface area contributed by atoms with Crippen LogP contribution >= 0.6 is 12.2 Å². The molecule has 22 heavy (non-hydrogen) atoms. The van der Waals surface area contributed by atoms with Gasteiger partial charge in [0.05, 0.1) is 0 Å². The first kappa shape index (κ1) is 15.7. The molecule has 1 aromatic heterocycles. The van der Waals surface area contributed by atoms with Crippen LogP contribution < -0.4 is 0 Å². The van der Waals surface area contributed by atoms with Gasteiger partial charge < -0.3 is 0 Å². The lowest BCUT2D eigenvalue weighted by molar-refractivity contribution is 0.336. The number of H-pyrrole nitrogens is 1. The highest BCUT2D eigenvalue weighted by Gasteiger charge is 2.15. The summed E-state index contributed by atoms with van der Waals surface area (Å²) in [5, 5.41) is 11.9. The van der Waals surface area contributed by atoms with Crippen molar-refractivity contribution in [2.24, 2.45) is 16.9 Å². The van der Waals surface area contributed by atoms with Crippen LogP contribution in [0.5, 0.6) is 0 Å². The molecule has 3 rings (SSSR count). The molecular weight excluding hydrogens is 292 g/mol. The molecule has 2 aliphatic carbocycles. The van der Waals surface area contributed by atoms with Crippen LogP contribution in [0, 0.1) is 16.6 Å². The number of aromatic nitrogens is 3. The Morgan fingerprint density at radius 2 is 2.14 bits per heavy atom. The Kier molecular flexibility index (Phi) is 5.59. The van der Waals surface area contributed by atoms with Gasteiger partial charge in [0.25, 0.3) is 0 Å². The fraction of sp³-hybridized carbons (Fsp3) is 0.706. The van der Waals surface area contributed by atoms with E-state index < -0.39 is 0 Å². The zero-order valence-corrected chi connectivity index (χ0v) is 14.0. The van der Waals surface area contributed by atoms with Crippen molar-refractivity contribution in [3.05, 3.63) is 22.7 Å². The smallest absolute Gasteiger partial charge is 0.216 e. The Labute approximate surface area is 137 Å². The van der Waals surface area contributed by atoms with Crippen molar-refractivity contribution >= 4 is 18.4 Å². The first-order chi connectivity index (χ1) is 10.8. The second kappa shape index (κ2) is 7.86. The normalized spacial score (nSPS) is 23.4. The first-order valence-electron chi connectivity index (χ1n) is 8.68. The summed E-state index contributed by atoms with van der Waals surface area (Å²) in [5.74, 6) is 2.38. The van der Waals surface area contributed by atoms with Crippen LogP contribution in [0.3, 0.4) is 0 Å². The minimum Gasteiger partial charge on any atom is -0.250 e. The standard InChI is InChI=1S/C17H26N4S/c22-17-20-19-16(12-11-14-7-3-1-4-8-14)21(17)18-13-15-9-5-2-6-10-15/h2,5,13-15H,1,3-4,6-12H2,(H,20,22)/b18-13-/t15-/m0/s1. The second-order valence-electron chi connectivity index (χ2n) is 6.61. The van der Waals surface area contributed by atoms with Gasteiger partial charge in [0.15, 0.2) is 5.82 Å². The maximum atomic E-state index is 5.33. The number of hydrogen-bond donors (Lipinski definition) is 1. The van der Waals surface area contributed by atoms with Crippen LogP contribution in [0.1, 0.15) is 63.6 Å². The van der Waals surface area contributed by atoms with Crippen LogP contribution in [0.15, 0.2) is 17.3 Å². The molecule has 1 fully saturated rings. The SMILES string of the molecule is S=c1[nH]nc(CCC2CCCCC2)n1/N=C\[C@H]1CC=CCC1. The summed E-state index contributed by atoms with van der Waals surface area (Å²) in [6.45, 7) is 0. The summed E-state index contributed by atoms with van der Waals surface area (Å²) in [6, 6.07) is 0. The molecule has 0 aromatic carbocycles.